The van der Waals surface area contributed by atoms with Crippen molar-refractivity contribution in [3.63, 3.8) is 0 Å². The van der Waals surface area contributed by atoms with Gasteiger partial charge >= 0.3 is 0 Å². The molecule has 0 aromatic rings. The lowest BCUT2D eigenvalue weighted by Gasteiger charge is -2.37. The highest BCUT2D eigenvalue weighted by atomic mass is 19.3. The number of unbranched alkanes of at least 4 members (excludes halogenated alkanes) is 1. The second kappa shape index (κ2) is 13.0. The van der Waals surface area contributed by atoms with Crippen LogP contribution in [-0.4, -0.2) is 12.7 Å². The minimum Gasteiger partial charge on any atom is -0.378 e. The molecule has 3 heteroatoms. The summed E-state index contributed by atoms with van der Waals surface area (Å²) in [6, 6.07) is 0. The second-order valence-electron chi connectivity index (χ2n) is 10.4. The monoisotopic (exact) mass is 422 g/mol. The van der Waals surface area contributed by atoms with Gasteiger partial charge in [-0.05, 0) is 107 Å². The largest absolute Gasteiger partial charge is 0.378 e. The van der Waals surface area contributed by atoms with Gasteiger partial charge in [-0.3, -0.25) is 0 Å². The molecule has 2 aliphatic carbocycles. The molecule has 0 spiro atoms. The molecule has 3 fully saturated rings. The number of rotatable bonds is 9. The molecular weight excluding hydrogens is 378 g/mol. The normalized spacial score (nSPS) is 35.4. The lowest BCUT2D eigenvalue weighted by Crippen LogP contribution is -2.34. The molecule has 0 radical (unpaired) electrons. The van der Waals surface area contributed by atoms with Crippen molar-refractivity contribution in [1.82, 2.24) is 0 Å². The van der Waals surface area contributed by atoms with Crippen LogP contribution in [-0.2, 0) is 4.74 Å². The second-order valence-corrected chi connectivity index (χ2v) is 10.4. The first-order valence-electron chi connectivity index (χ1n) is 12.9. The van der Waals surface area contributed by atoms with Crippen LogP contribution in [0, 0.1) is 29.6 Å². The summed E-state index contributed by atoms with van der Waals surface area (Å²) in [6.07, 6.45) is 23.5. The fraction of sp³-hybridized carbons (Fsp3) is 0.852. The minimum absolute atomic E-state index is 0.494. The molecule has 0 aromatic heterocycles. The van der Waals surface area contributed by atoms with Gasteiger partial charge in [-0.15, -0.1) is 0 Å². The maximum absolute atomic E-state index is 12.2. The molecule has 30 heavy (non-hydrogen) atoms. The van der Waals surface area contributed by atoms with Gasteiger partial charge in [-0.1, -0.05) is 44.3 Å². The van der Waals surface area contributed by atoms with E-state index < -0.39 is 6.08 Å². The van der Waals surface area contributed by atoms with Gasteiger partial charge < -0.3 is 4.74 Å². The molecule has 1 heterocycles. The van der Waals surface area contributed by atoms with E-state index in [9.17, 15) is 8.78 Å². The number of allylic oxidation sites excluding steroid dienone is 3. The molecular formula is C27H44F2O. The van der Waals surface area contributed by atoms with Crippen molar-refractivity contribution >= 4 is 0 Å². The van der Waals surface area contributed by atoms with Crippen molar-refractivity contribution < 1.29 is 13.5 Å². The van der Waals surface area contributed by atoms with Gasteiger partial charge in [0.15, 0.2) is 0 Å². The number of hydrogen-bond acceptors (Lipinski definition) is 1. The molecule has 172 valence electrons. The Bertz CT molecular complexity index is 515. The third-order valence-corrected chi connectivity index (χ3v) is 8.26. The van der Waals surface area contributed by atoms with Gasteiger partial charge in [0.1, 0.15) is 0 Å². The van der Waals surface area contributed by atoms with E-state index >= 15 is 0 Å². The van der Waals surface area contributed by atoms with Crippen LogP contribution >= 0.6 is 0 Å². The summed E-state index contributed by atoms with van der Waals surface area (Å²) in [4.78, 5) is 0. The Kier molecular flexibility index (Phi) is 10.4. The Hall–Kier alpha value is -0.700. The Balaban J connectivity index is 1.21. The summed E-state index contributed by atoms with van der Waals surface area (Å²) < 4.78 is 30.8. The molecule has 0 aromatic carbocycles. The molecule has 3 rings (SSSR count). The van der Waals surface area contributed by atoms with Crippen LogP contribution in [0.15, 0.2) is 24.3 Å². The van der Waals surface area contributed by atoms with E-state index in [1.54, 1.807) is 0 Å². The predicted octanol–water partition coefficient (Wildman–Crippen LogP) is 8.70. The van der Waals surface area contributed by atoms with E-state index in [0.29, 0.717) is 18.4 Å². The van der Waals surface area contributed by atoms with E-state index in [0.717, 1.165) is 49.2 Å². The van der Waals surface area contributed by atoms with Crippen molar-refractivity contribution in [3.8, 4) is 0 Å². The predicted molar refractivity (Wildman–Crippen MR) is 122 cm³/mol. The SMILES string of the molecule is C/C=C/C1CCC(C2CCC(CCCCC3CCC(CC=C(F)F)CC3)CO2)CC1. The first kappa shape index (κ1) is 24.0. The third-order valence-electron chi connectivity index (χ3n) is 8.26. The summed E-state index contributed by atoms with van der Waals surface area (Å²) in [7, 11) is 0. The van der Waals surface area contributed by atoms with Crippen LogP contribution in [0.3, 0.4) is 0 Å². The lowest BCUT2D eigenvalue weighted by molar-refractivity contribution is -0.0586. The summed E-state index contributed by atoms with van der Waals surface area (Å²) in [5.41, 5.74) is 0. The zero-order valence-electron chi connectivity index (χ0n) is 19.2. The zero-order valence-corrected chi connectivity index (χ0v) is 19.2. The highest BCUT2D eigenvalue weighted by Crippen LogP contribution is 2.38. The van der Waals surface area contributed by atoms with Crippen LogP contribution in [0.2, 0.25) is 0 Å². The average Bonchev–Trinajstić information content (AvgIpc) is 2.77. The highest BCUT2D eigenvalue weighted by molar-refractivity contribution is 4.91. The molecule has 2 atom stereocenters. The van der Waals surface area contributed by atoms with E-state index in [-0.39, 0.29) is 0 Å². The van der Waals surface area contributed by atoms with E-state index in [4.69, 9.17) is 4.74 Å². The van der Waals surface area contributed by atoms with E-state index in [1.807, 2.05) is 0 Å². The summed E-state index contributed by atoms with van der Waals surface area (Å²) in [5.74, 6) is 3.73. The standard InChI is InChI=1S/C27H44F2O/c1-2-5-21-12-16-25(17-13-21)26-18-14-24(20-30-26)7-4-3-6-22-8-10-23(11-9-22)15-19-27(28)29/h2,5,19,21-26H,3-4,6-18,20H2,1H3/b5-2+. The summed E-state index contributed by atoms with van der Waals surface area (Å²) >= 11 is 0. The molecule has 2 saturated carbocycles. The van der Waals surface area contributed by atoms with Crippen LogP contribution in [0.5, 0.6) is 0 Å². The summed E-state index contributed by atoms with van der Waals surface area (Å²) in [6.45, 7) is 3.13. The van der Waals surface area contributed by atoms with Crippen LogP contribution in [0.4, 0.5) is 8.78 Å². The van der Waals surface area contributed by atoms with Gasteiger partial charge in [-0.2, -0.15) is 8.78 Å². The zero-order chi connectivity index (χ0) is 21.2. The first-order valence-corrected chi connectivity index (χ1v) is 12.9. The highest BCUT2D eigenvalue weighted by Gasteiger charge is 2.31. The molecule has 1 saturated heterocycles. The Morgan fingerprint density at radius 1 is 0.800 bits per heavy atom. The van der Waals surface area contributed by atoms with Crippen molar-refractivity contribution in [2.75, 3.05) is 6.61 Å². The van der Waals surface area contributed by atoms with Gasteiger partial charge in [0.05, 0.1) is 6.10 Å². The van der Waals surface area contributed by atoms with Gasteiger partial charge in [0.2, 0.25) is 0 Å². The third kappa shape index (κ3) is 8.09. The van der Waals surface area contributed by atoms with Gasteiger partial charge in [-0.25, -0.2) is 0 Å². The average molecular weight is 423 g/mol. The molecule has 0 bridgehead atoms. The van der Waals surface area contributed by atoms with Crippen molar-refractivity contribution in [1.29, 1.82) is 0 Å². The Labute approximate surface area is 183 Å². The maximum Gasteiger partial charge on any atom is 0.266 e. The number of ether oxygens (including phenoxy) is 1. The van der Waals surface area contributed by atoms with Crippen LogP contribution in [0.25, 0.3) is 0 Å². The van der Waals surface area contributed by atoms with Crippen LogP contribution < -0.4 is 0 Å². The maximum atomic E-state index is 12.2. The fourth-order valence-electron chi connectivity index (χ4n) is 6.28. The molecule has 1 aliphatic heterocycles. The molecule has 0 amide bonds. The lowest BCUT2D eigenvalue weighted by atomic mass is 9.76. The van der Waals surface area contributed by atoms with E-state index in [1.165, 1.54) is 77.0 Å². The van der Waals surface area contributed by atoms with Gasteiger partial charge in [0, 0.05) is 6.61 Å². The summed E-state index contributed by atoms with van der Waals surface area (Å²) in [5, 5.41) is 0. The minimum atomic E-state index is -1.51. The van der Waals surface area contributed by atoms with Crippen molar-refractivity contribution in [2.45, 2.75) is 109 Å². The van der Waals surface area contributed by atoms with Crippen molar-refractivity contribution in [3.05, 3.63) is 24.3 Å². The first-order chi connectivity index (χ1) is 14.6. The van der Waals surface area contributed by atoms with Crippen molar-refractivity contribution in [2.24, 2.45) is 29.6 Å². The van der Waals surface area contributed by atoms with Gasteiger partial charge in [0.25, 0.3) is 6.08 Å². The Morgan fingerprint density at radius 3 is 2.03 bits per heavy atom. The topological polar surface area (TPSA) is 9.23 Å². The fourth-order valence-corrected chi connectivity index (χ4v) is 6.28. The molecule has 0 N–H and O–H groups in total. The molecule has 3 aliphatic rings. The molecule has 2 unspecified atom stereocenters. The number of halogens is 2. The van der Waals surface area contributed by atoms with E-state index in [2.05, 4.69) is 19.1 Å². The smallest absolute Gasteiger partial charge is 0.266 e. The number of hydrogen-bond donors (Lipinski definition) is 0. The Morgan fingerprint density at radius 2 is 1.43 bits per heavy atom. The quantitative estimate of drug-likeness (QED) is 0.267. The molecule has 1 nitrogen and oxygen atoms in total. The van der Waals surface area contributed by atoms with Crippen LogP contribution in [0.1, 0.15) is 103 Å².